The van der Waals surface area contributed by atoms with Gasteiger partial charge in [-0.3, -0.25) is 0 Å². The van der Waals surface area contributed by atoms with Crippen LogP contribution in [0.1, 0.15) is 22.3 Å². The molecule has 0 saturated carbocycles. The number of carbonyl (C=O) groups excluding carboxylic acids is 1. The molecular weight excluding hydrogens is 394 g/mol. The highest BCUT2D eigenvalue weighted by molar-refractivity contribution is 7.98. The van der Waals surface area contributed by atoms with Gasteiger partial charge in [0, 0.05) is 15.8 Å². The number of esters is 1. The van der Waals surface area contributed by atoms with E-state index in [9.17, 15) is 4.79 Å². The lowest BCUT2D eigenvalue weighted by molar-refractivity contribution is -0.147. The molecule has 3 rings (SSSR count). The van der Waals surface area contributed by atoms with E-state index in [2.05, 4.69) is 4.98 Å². The van der Waals surface area contributed by atoms with Gasteiger partial charge in [0.1, 0.15) is 17.5 Å². The fourth-order valence-corrected chi connectivity index (χ4v) is 3.75. The van der Waals surface area contributed by atoms with Crippen molar-refractivity contribution in [2.75, 3.05) is 12.9 Å². The van der Waals surface area contributed by atoms with E-state index in [1.807, 2.05) is 63.4 Å². The first kappa shape index (κ1) is 20.5. The van der Waals surface area contributed by atoms with E-state index in [1.165, 1.54) is 0 Å². The fraction of sp³-hybridized carbons (Fsp3) is 0.273. The molecule has 0 aliphatic heterocycles. The molecule has 0 bridgehead atoms. The Morgan fingerprint density at radius 2 is 1.82 bits per heavy atom. The molecule has 0 amide bonds. The zero-order chi connectivity index (χ0) is 20.3. The molecule has 4 nitrogen and oxygen atoms in total. The molecule has 0 aliphatic carbocycles. The third kappa shape index (κ3) is 4.78. The van der Waals surface area contributed by atoms with E-state index in [0.717, 1.165) is 38.2 Å². The zero-order valence-electron chi connectivity index (χ0n) is 16.3. The highest BCUT2D eigenvalue weighted by atomic mass is 35.5. The standard InChI is InChI=1S/C22H22ClNO3S/c1-13-7-14(2)21(15(3)8-13)27-12-20(25)26-11-17-9-16-5-6-18(28-4)10-19(16)24-22(17)23/h5-10H,11-12H2,1-4H3. The van der Waals surface area contributed by atoms with Crippen molar-refractivity contribution in [3.05, 3.63) is 63.8 Å². The Labute approximate surface area is 174 Å². The summed E-state index contributed by atoms with van der Waals surface area (Å²) in [7, 11) is 0. The van der Waals surface area contributed by atoms with Gasteiger partial charge in [-0.25, -0.2) is 9.78 Å². The predicted molar refractivity (Wildman–Crippen MR) is 114 cm³/mol. The number of carbonyl (C=O) groups is 1. The number of nitrogens with zero attached hydrogens (tertiary/aromatic N) is 1. The van der Waals surface area contributed by atoms with Crippen molar-refractivity contribution in [3.8, 4) is 5.75 Å². The normalized spacial score (nSPS) is 10.9. The number of fused-ring (bicyclic) bond motifs is 1. The molecule has 6 heteroatoms. The van der Waals surface area contributed by atoms with Gasteiger partial charge in [-0.1, -0.05) is 35.4 Å². The first-order valence-electron chi connectivity index (χ1n) is 8.87. The number of rotatable bonds is 6. The molecule has 3 aromatic rings. The summed E-state index contributed by atoms with van der Waals surface area (Å²) in [5.41, 5.74) is 4.64. The molecule has 0 spiro atoms. The largest absolute Gasteiger partial charge is 0.481 e. The third-order valence-corrected chi connectivity index (χ3v) is 5.43. The number of ether oxygens (including phenoxy) is 2. The second kappa shape index (κ2) is 8.84. The number of hydrogen-bond acceptors (Lipinski definition) is 5. The van der Waals surface area contributed by atoms with Crippen LogP contribution < -0.4 is 4.74 Å². The molecule has 0 aliphatic rings. The number of halogens is 1. The maximum absolute atomic E-state index is 12.1. The fourth-order valence-electron chi connectivity index (χ4n) is 3.12. The maximum Gasteiger partial charge on any atom is 0.344 e. The van der Waals surface area contributed by atoms with Gasteiger partial charge in [0.15, 0.2) is 6.61 Å². The lowest BCUT2D eigenvalue weighted by Crippen LogP contribution is -2.16. The third-order valence-electron chi connectivity index (χ3n) is 4.38. The van der Waals surface area contributed by atoms with Gasteiger partial charge in [-0.05, 0) is 56.4 Å². The number of aromatic nitrogens is 1. The molecule has 28 heavy (non-hydrogen) atoms. The van der Waals surface area contributed by atoms with Crippen LogP contribution in [0, 0.1) is 20.8 Å². The van der Waals surface area contributed by atoms with Gasteiger partial charge in [0.2, 0.25) is 0 Å². The Balaban J connectivity index is 1.64. The summed E-state index contributed by atoms with van der Waals surface area (Å²) in [6.45, 7) is 5.86. The average Bonchev–Trinajstić information content (AvgIpc) is 2.65. The lowest BCUT2D eigenvalue weighted by Gasteiger charge is -2.13. The second-order valence-electron chi connectivity index (χ2n) is 6.67. The predicted octanol–water partition coefficient (Wildman–Crippen LogP) is 5.66. The number of thioether (sulfide) groups is 1. The van der Waals surface area contributed by atoms with Crippen LogP contribution in [0.15, 0.2) is 41.3 Å². The average molecular weight is 416 g/mol. The summed E-state index contributed by atoms with van der Waals surface area (Å²) in [5, 5.41) is 1.29. The minimum absolute atomic E-state index is 0.0557. The van der Waals surface area contributed by atoms with Crippen molar-refractivity contribution in [2.24, 2.45) is 0 Å². The van der Waals surface area contributed by atoms with Crippen LogP contribution in [0.3, 0.4) is 0 Å². The Kier molecular flexibility index (Phi) is 6.47. The smallest absolute Gasteiger partial charge is 0.344 e. The summed E-state index contributed by atoms with van der Waals surface area (Å²) in [6.07, 6.45) is 2.01. The number of hydrogen-bond donors (Lipinski definition) is 0. The van der Waals surface area contributed by atoms with E-state index in [0.29, 0.717) is 10.7 Å². The van der Waals surface area contributed by atoms with Crippen LogP contribution in [0.5, 0.6) is 5.75 Å². The molecule has 0 unspecified atom stereocenters. The molecule has 0 N–H and O–H groups in total. The van der Waals surface area contributed by atoms with Gasteiger partial charge in [0.25, 0.3) is 0 Å². The molecule has 0 saturated heterocycles. The minimum atomic E-state index is -0.451. The first-order valence-corrected chi connectivity index (χ1v) is 10.5. The van der Waals surface area contributed by atoms with E-state index in [1.54, 1.807) is 11.8 Å². The summed E-state index contributed by atoms with van der Waals surface area (Å²) in [6, 6.07) is 12.0. The van der Waals surface area contributed by atoms with E-state index >= 15 is 0 Å². The van der Waals surface area contributed by atoms with Gasteiger partial charge in [-0.15, -0.1) is 11.8 Å². The van der Waals surface area contributed by atoms with Crippen LogP contribution in [0.2, 0.25) is 5.15 Å². The van der Waals surface area contributed by atoms with Crippen LogP contribution >= 0.6 is 23.4 Å². The van der Waals surface area contributed by atoms with Gasteiger partial charge < -0.3 is 9.47 Å². The van der Waals surface area contributed by atoms with Crippen LogP contribution in [0.4, 0.5) is 0 Å². The Morgan fingerprint density at radius 1 is 1.11 bits per heavy atom. The molecule has 0 fully saturated rings. The van der Waals surface area contributed by atoms with E-state index in [-0.39, 0.29) is 13.2 Å². The van der Waals surface area contributed by atoms with Crippen molar-refractivity contribution in [1.29, 1.82) is 0 Å². The number of aryl methyl sites for hydroxylation is 3. The zero-order valence-corrected chi connectivity index (χ0v) is 17.9. The monoisotopic (exact) mass is 415 g/mol. The SMILES string of the molecule is CSc1ccc2cc(COC(=O)COc3c(C)cc(C)cc3C)c(Cl)nc2c1. The van der Waals surface area contributed by atoms with Gasteiger partial charge in [-0.2, -0.15) is 0 Å². The number of benzene rings is 2. The van der Waals surface area contributed by atoms with Crippen LogP contribution in [-0.2, 0) is 16.1 Å². The van der Waals surface area contributed by atoms with Crippen molar-refractivity contribution in [1.82, 2.24) is 4.98 Å². The molecule has 0 radical (unpaired) electrons. The van der Waals surface area contributed by atoms with Crippen LogP contribution in [0.25, 0.3) is 10.9 Å². The summed E-state index contributed by atoms with van der Waals surface area (Å²) in [5.74, 6) is 0.269. The molecule has 1 heterocycles. The molecule has 146 valence electrons. The molecule has 0 atom stereocenters. The maximum atomic E-state index is 12.1. The van der Waals surface area contributed by atoms with Crippen molar-refractivity contribution >= 4 is 40.2 Å². The topological polar surface area (TPSA) is 48.4 Å². The molecule has 2 aromatic carbocycles. The lowest BCUT2D eigenvalue weighted by atomic mass is 10.1. The van der Waals surface area contributed by atoms with Gasteiger partial charge >= 0.3 is 5.97 Å². The highest BCUT2D eigenvalue weighted by Crippen LogP contribution is 2.26. The second-order valence-corrected chi connectivity index (χ2v) is 7.91. The highest BCUT2D eigenvalue weighted by Gasteiger charge is 2.12. The number of pyridine rings is 1. The summed E-state index contributed by atoms with van der Waals surface area (Å²) < 4.78 is 11.0. The quantitative estimate of drug-likeness (QED) is 0.295. The van der Waals surface area contributed by atoms with Crippen molar-refractivity contribution < 1.29 is 14.3 Å². The van der Waals surface area contributed by atoms with E-state index < -0.39 is 5.97 Å². The summed E-state index contributed by atoms with van der Waals surface area (Å²) >= 11 is 7.92. The first-order chi connectivity index (χ1) is 13.4. The minimum Gasteiger partial charge on any atom is -0.481 e. The van der Waals surface area contributed by atoms with E-state index in [4.69, 9.17) is 21.1 Å². The van der Waals surface area contributed by atoms with Crippen molar-refractivity contribution in [3.63, 3.8) is 0 Å². The van der Waals surface area contributed by atoms with Gasteiger partial charge in [0.05, 0.1) is 5.52 Å². The summed E-state index contributed by atoms with van der Waals surface area (Å²) in [4.78, 5) is 17.7. The molecular formula is C22H22ClNO3S. The Morgan fingerprint density at radius 3 is 2.50 bits per heavy atom. The Bertz CT molecular complexity index is 1010. The van der Waals surface area contributed by atoms with Crippen molar-refractivity contribution in [2.45, 2.75) is 32.3 Å². The van der Waals surface area contributed by atoms with Crippen LogP contribution in [-0.4, -0.2) is 23.8 Å². The Hall–Kier alpha value is -2.24. The molecule has 1 aromatic heterocycles.